The third-order valence-corrected chi connectivity index (χ3v) is 4.06. The first kappa shape index (κ1) is 22.0. The van der Waals surface area contributed by atoms with Crippen LogP contribution in [0.3, 0.4) is 0 Å². The number of benzene rings is 2. The van der Waals surface area contributed by atoms with Crippen molar-refractivity contribution in [1.82, 2.24) is 5.32 Å². The Morgan fingerprint density at radius 2 is 1.69 bits per heavy atom. The highest BCUT2D eigenvalue weighted by Gasteiger charge is 2.31. The van der Waals surface area contributed by atoms with Crippen molar-refractivity contribution in [3.63, 3.8) is 0 Å². The van der Waals surface area contributed by atoms with Gasteiger partial charge in [-0.15, -0.1) is 12.4 Å². The fraction of sp³-hybridized carbons (Fsp3) is 0.316. The van der Waals surface area contributed by atoms with Crippen LogP contribution in [-0.4, -0.2) is 12.5 Å². The Kier molecular flexibility index (Phi) is 8.11. The highest BCUT2D eigenvalue weighted by atomic mass is 35.5. The summed E-state index contributed by atoms with van der Waals surface area (Å²) in [6.45, 7) is 1.99. The number of hydrogen-bond donors (Lipinski definition) is 2. The molecule has 0 bridgehead atoms. The van der Waals surface area contributed by atoms with Gasteiger partial charge in [-0.1, -0.05) is 55.5 Å². The fourth-order valence-corrected chi connectivity index (χ4v) is 2.66. The van der Waals surface area contributed by atoms with E-state index in [9.17, 15) is 18.0 Å². The molecule has 2 aromatic carbocycles. The van der Waals surface area contributed by atoms with Crippen LogP contribution in [0.2, 0.25) is 0 Å². The van der Waals surface area contributed by atoms with E-state index in [0.717, 1.165) is 17.7 Å². The maximum atomic E-state index is 12.9. The molecule has 0 spiro atoms. The molecular weight excluding hydrogens is 365 g/mol. The highest BCUT2D eigenvalue weighted by Crippen LogP contribution is 2.31. The zero-order valence-electron chi connectivity index (χ0n) is 14.3. The van der Waals surface area contributed by atoms with Crippen molar-refractivity contribution in [2.24, 2.45) is 5.73 Å². The largest absolute Gasteiger partial charge is 0.416 e. The van der Waals surface area contributed by atoms with Gasteiger partial charge in [-0.25, -0.2) is 0 Å². The quantitative estimate of drug-likeness (QED) is 0.771. The molecule has 2 unspecified atom stereocenters. The Morgan fingerprint density at radius 1 is 1.08 bits per heavy atom. The number of alkyl halides is 3. The van der Waals surface area contributed by atoms with Gasteiger partial charge in [0.05, 0.1) is 11.5 Å². The molecule has 0 fully saturated rings. The average molecular weight is 387 g/mol. The lowest BCUT2D eigenvalue weighted by Crippen LogP contribution is -2.35. The number of hydrogen-bond acceptors (Lipinski definition) is 2. The van der Waals surface area contributed by atoms with Crippen LogP contribution in [0.15, 0.2) is 54.6 Å². The molecule has 1 amide bonds. The van der Waals surface area contributed by atoms with Gasteiger partial charge in [0.25, 0.3) is 0 Å². The minimum atomic E-state index is -4.43. The molecule has 3 N–H and O–H groups in total. The summed E-state index contributed by atoms with van der Waals surface area (Å²) in [5.41, 5.74) is 6.52. The third-order valence-electron chi connectivity index (χ3n) is 4.06. The van der Waals surface area contributed by atoms with Crippen LogP contribution in [0, 0.1) is 0 Å². The second-order valence-electron chi connectivity index (χ2n) is 5.85. The van der Waals surface area contributed by atoms with Crippen molar-refractivity contribution in [3.8, 4) is 0 Å². The minimum Gasteiger partial charge on any atom is -0.354 e. The predicted octanol–water partition coefficient (Wildman–Crippen LogP) is 4.44. The minimum absolute atomic E-state index is 0. The maximum Gasteiger partial charge on any atom is 0.416 e. The summed E-state index contributed by atoms with van der Waals surface area (Å²) in [5, 5.41) is 2.74. The van der Waals surface area contributed by atoms with Crippen LogP contribution in [0.4, 0.5) is 13.2 Å². The third kappa shape index (κ3) is 5.75. The molecule has 7 heteroatoms. The number of carbonyl (C=O) groups is 1. The molecule has 0 radical (unpaired) electrons. The lowest BCUT2D eigenvalue weighted by molar-refractivity contribution is -0.137. The first-order chi connectivity index (χ1) is 11.8. The van der Waals surface area contributed by atoms with Crippen LogP contribution in [0.25, 0.3) is 0 Å². The van der Waals surface area contributed by atoms with E-state index in [1.54, 1.807) is 13.0 Å². The summed E-state index contributed by atoms with van der Waals surface area (Å²) < 4.78 is 38.6. The second kappa shape index (κ2) is 9.59. The van der Waals surface area contributed by atoms with Crippen LogP contribution in [0.5, 0.6) is 0 Å². The molecule has 142 valence electrons. The molecule has 0 saturated carbocycles. The van der Waals surface area contributed by atoms with E-state index in [1.165, 1.54) is 6.07 Å². The Bertz CT molecular complexity index is 707. The molecule has 0 aliphatic rings. The molecule has 0 heterocycles. The summed E-state index contributed by atoms with van der Waals surface area (Å²) in [6, 6.07) is 13.8. The number of nitrogens with one attached hydrogen (secondary N) is 1. The van der Waals surface area contributed by atoms with Crippen LogP contribution < -0.4 is 11.1 Å². The topological polar surface area (TPSA) is 55.1 Å². The number of halogens is 4. The van der Waals surface area contributed by atoms with Gasteiger partial charge in [-0.2, -0.15) is 13.2 Å². The van der Waals surface area contributed by atoms with E-state index < -0.39 is 17.7 Å². The Morgan fingerprint density at radius 3 is 2.27 bits per heavy atom. The molecule has 0 aliphatic carbocycles. The number of amides is 1. The summed E-state index contributed by atoms with van der Waals surface area (Å²) in [6.07, 6.45) is -4.03. The molecule has 2 atom stereocenters. The van der Waals surface area contributed by atoms with Gasteiger partial charge in [-0.05, 0) is 23.6 Å². The maximum absolute atomic E-state index is 12.9. The zero-order chi connectivity index (χ0) is 18.4. The van der Waals surface area contributed by atoms with Crippen molar-refractivity contribution in [2.45, 2.75) is 31.5 Å². The molecule has 0 aliphatic heterocycles. The molecule has 0 saturated heterocycles. The van der Waals surface area contributed by atoms with Gasteiger partial charge in [0.1, 0.15) is 0 Å². The fourth-order valence-electron chi connectivity index (χ4n) is 2.66. The van der Waals surface area contributed by atoms with Crippen molar-refractivity contribution in [1.29, 1.82) is 0 Å². The molecule has 3 nitrogen and oxygen atoms in total. The Hall–Kier alpha value is -2.05. The van der Waals surface area contributed by atoms with Gasteiger partial charge in [-0.3, -0.25) is 4.79 Å². The molecule has 2 aromatic rings. The molecular formula is C19H22ClF3N2O. The van der Waals surface area contributed by atoms with E-state index in [0.29, 0.717) is 12.0 Å². The zero-order valence-corrected chi connectivity index (χ0v) is 15.1. The van der Waals surface area contributed by atoms with Gasteiger partial charge in [0.15, 0.2) is 0 Å². The van der Waals surface area contributed by atoms with E-state index in [4.69, 9.17) is 5.73 Å². The SMILES string of the molecule is CCC(C(=O)NCC(N)c1ccccc1)c1cccc(C(F)(F)F)c1.Cl. The summed E-state index contributed by atoms with van der Waals surface area (Å²) in [5.74, 6) is -0.974. The van der Waals surface area contributed by atoms with E-state index in [-0.39, 0.29) is 30.9 Å². The number of nitrogens with two attached hydrogens (primary N) is 1. The average Bonchev–Trinajstić information content (AvgIpc) is 2.60. The Labute approximate surface area is 157 Å². The second-order valence-corrected chi connectivity index (χ2v) is 5.85. The smallest absolute Gasteiger partial charge is 0.354 e. The molecule has 2 rings (SSSR count). The standard InChI is InChI=1S/C19H21F3N2O.ClH/c1-2-16(14-9-6-10-15(11-14)19(20,21)22)18(25)24-12-17(23)13-7-4-3-5-8-13;/h3-11,16-17H,2,12,23H2,1H3,(H,24,25);1H. The Balaban J connectivity index is 0.00000338. The van der Waals surface area contributed by atoms with E-state index in [2.05, 4.69) is 5.32 Å². The van der Waals surface area contributed by atoms with Gasteiger partial charge >= 0.3 is 6.18 Å². The van der Waals surface area contributed by atoms with Crippen molar-refractivity contribution in [2.75, 3.05) is 6.54 Å². The van der Waals surface area contributed by atoms with E-state index in [1.807, 2.05) is 30.3 Å². The molecule has 26 heavy (non-hydrogen) atoms. The van der Waals surface area contributed by atoms with Crippen LogP contribution in [0.1, 0.15) is 42.0 Å². The van der Waals surface area contributed by atoms with Gasteiger partial charge < -0.3 is 11.1 Å². The van der Waals surface area contributed by atoms with E-state index >= 15 is 0 Å². The summed E-state index contributed by atoms with van der Waals surface area (Å²) >= 11 is 0. The highest BCUT2D eigenvalue weighted by molar-refractivity contribution is 5.85. The molecule has 0 aromatic heterocycles. The van der Waals surface area contributed by atoms with Crippen LogP contribution in [-0.2, 0) is 11.0 Å². The van der Waals surface area contributed by atoms with Crippen LogP contribution >= 0.6 is 12.4 Å². The monoisotopic (exact) mass is 386 g/mol. The lowest BCUT2D eigenvalue weighted by atomic mass is 9.93. The van der Waals surface area contributed by atoms with Crippen molar-refractivity contribution >= 4 is 18.3 Å². The first-order valence-corrected chi connectivity index (χ1v) is 8.08. The normalized spacial score (nSPS) is 13.4. The first-order valence-electron chi connectivity index (χ1n) is 8.08. The summed E-state index contributed by atoms with van der Waals surface area (Å²) in [7, 11) is 0. The number of carbonyl (C=O) groups excluding carboxylic acids is 1. The summed E-state index contributed by atoms with van der Waals surface area (Å²) in [4.78, 5) is 12.4. The van der Waals surface area contributed by atoms with Crippen molar-refractivity contribution in [3.05, 3.63) is 71.3 Å². The lowest BCUT2D eigenvalue weighted by Gasteiger charge is -2.19. The van der Waals surface area contributed by atoms with Crippen molar-refractivity contribution < 1.29 is 18.0 Å². The van der Waals surface area contributed by atoms with Gasteiger partial charge in [0.2, 0.25) is 5.91 Å². The van der Waals surface area contributed by atoms with Gasteiger partial charge in [0, 0.05) is 12.6 Å². The predicted molar refractivity (Wildman–Crippen MR) is 98.1 cm³/mol. The number of rotatable bonds is 6.